The van der Waals surface area contributed by atoms with Gasteiger partial charge < -0.3 is 14.8 Å². The summed E-state index contributed by atoms with van der Waals surface area (Å²) in [4.78, 5) is 0. The van der Waals surface area contributed by atoms with Crippen molar-refractivity contribution >= 4 is 11.6 Å². The summed E-state index contributed by atoms with van der Waals surface area (Å²) in [7, 11) is 0. The fourth-order valence-electron chi connectivity index (χ4n) is 1.88. The summed E-state index contributed by atoms with van der Waals surface area (Å²) in [5.74, 6) is 1.43. The third-order valence-corrected chi connectivity index (χ3v) is 2.88. The van der Waals surface area contributed by atoms with Gasteiger partial charge in [-0.15, -0.1) is 0 Å². The lowest BCUT2D eigenvalue weighted by atomic mass is 10.2. The van der Waals surface area contributed by atoms with Crippen LogP contribution in [0.3, 0.4) is 0 Å². The van der Waals surface area contributed by atoms with Gasteiger partial charge in [0, 0.05) is 13.1 Å². The first-order chi connectivity index (χ1) is 6.84. The molecule has 2 aliphatic heterocycles. The number of hydrogen-bond donors (Lipinski definition) is 1. The topological polar surface area (TPSA) is 30.5 Å². The largest absolute Gasteiger partial charge is 0.481 e. The Morgan fingerprint density at radius 3 is 2.86 bits per heavy atom. The average Bonchev–Trinajstić information content (AvgIpc) is 2.62. The van der Waals surface area contributed by atoms with Crippen molar-refractivity contribution in [3.8, 4) is 11.5 Å². The molecular formula is C10H10ClNO2. The van der Waals surface area contributed by atoms with Crippen LogP contribution in [0.1, 0.15) is 0 Å². The Balaban J connectivity index is 2.01. The van der Waals surface area contributed by atoms with Crippen molar-refractivity contribution < 1.29 is 9.47 Å². The van der Waals surface area contributed by atoms with Gasteiger partial charge in [0.15, 0.2) is 11.5 Å². The van der Waals surface area contributed by atoms with Gasteiger partial charge in [0.2, 0.25) is 0 Å². The molecule has 0 aliphatic carbocycles. The molecule has 1 saturated heterocycles. The lowest BCUT2D eigenvalue weighted by molar-refractivity contribution is 0.0554. The second-order valence-electron chi connectivity index (χ2n) is 3.54. The van der Waals surface area contributed by atoms with Crippen LogP contribution in [0.25, 0.3) is 0 Å². The minimum Gasteiger partial charge on any atom is -0.481 e. The number of fused-ring (bicyclic) bond motifs is 2. The Morgan fingerprint density at radius 2 is 2.00 bits per heavy atom. The van der Waals surface area contributed by atoms with E-state index in [4.69, 9.17) is 21.1 Å². The molecule has 0 aromatic heterocycles. The van der Waals surface area contributed by atoms with Crippen LogP contribution >= 0.6 is 11.6 Å². The smallest absolute Gasteiger partial charge is 0.180 e. The highest BCUT2D eigenvalue weighted by molar-refractivity contribution is 6.32. The first kappa shape index (κ1) is 8.38. The van der Waals surface area contributed by atoms with E-state index >= 15 is 0 Å². The van der Waals surface area contributed by atoms with Gasteiger partial charge in [-0.1, -0.05) is 17.7 Å². The number of ether oxygens (including phenoxy) is 2. The van der Waals surface area contributed by atoms with Gasteiger partial charge in [-0.3, -0.25) is 0 Å². The van der Waals surface area contributed by atoms with Crippen LogP contribution in [0.4, 0.5) is 0 Å². The van der Waals surface area contributed by atoms with E-state index in [1.807, 2.05) is 18.2 Å². The first-order valence-corrected chi connectivity index (χ1v) is 5.05. The Bertz CT molecular complexity index is 369. The van der Waals surface area contributed by atoms with Crippen LogP contribution in [0.15, 0.2) is 18.2 Å². The van der Waals surface area contributed by atoms with E-state index in [2.05, 4.69) is 5.32 Å². The monoisotopic (exact) mass is 211 g/mol. The molecule has 0 saturated carbocycles. The van der Waals surface area contributed by atoms with E-state index in [0.29, 0.717) is 10.8 Å². The molecule has 1 N–H and O–H groups in total. The molecular weight excluding hydrogens is 202 g/mol. The molecule has 2 atom stereocenters. The van der Waals surface area contributed by atoms with Gasteiger partial charge in [0.1, 0.15) is 12.2 Å². The summed E-state index contributed by atoms with van der Waals surface area (Å²) in [5, 5.41) is 3.84. The third-order valence-electron chi connectivity index (χ3n) is 2.58. The Morgan fingerprint density at radius 1 is 1.21 bits per heavy atom. The predicted molar refractivity (Wildman–Crippen MR) is 53.2 cm³/mol. The summed E-state index contributed by atoms with van der Waals surface area (Å²) in [6, 6.07) is 5.56. The summed E-state index contributed by atoms with van der Waals surface area (Å²) in [5.41, 5.74) is 0. The second kappa shape index (κ2) is 3.04. The van der Waals surface area contributed by atoms with Gasteiger partial charge in [0.05, 0.1) is 5.02 Å². The second-order valence-corrected chi connectivity index (χ2v) is 3.95. The standard InChI is InChI=1S/C10H10ClNO2/c11-6-2-1-3-7-10(6)14-9-5-12-4-8(9)13-7/h1-3,8-9,12H,4-5H2/t8-,9-/m1/s1. The highest BCUT2D eigenvalue weighted by Gasteiger charge is 2.36. The maximum Gasteiger partial charge on any atom is 0.180 e. The molecule has 3 nitrogen and oxygen atoms in total. The van der Waals surface area contributed by atoms with Gasteiger partial charge >= 0.3 is 0 Å². The molecule has 4 heteroatoms. The van der Waals surface area contributed by atoms with Gasteiger partial charge in [-0.25, -0.2) is 0 Å². The zero-order valence-corrected chi connectivity index (χ0v) is 8.25. The van der Waals surface area contributed by atoms with Crippen LogP contribution in [-0.2, 0) is 0 Å². The lowest BCUT2D eigenvalue weighted by Crippen LogP contribution is -2.38. The summed E-state index contributed by atoms with van der Waals surface area (Å²) in [6.45, 7) is 1.67. The first-order valence-electron chi connectivity index (χ1n) is 4.67. The van der Waals surface area contributed by atoms with Crippen molar-refractivity contribution in [1.29, 1.82) is 0 Å². The number of rotatable bonds is 0. The van der Waals surface area contributed by atoms with E-state index in [0.717, 1.165) is 18.8 Å². The number of hydrogen-bond acceptors (Lipinski definition) is 3. The zero-order valence-electron chi connectivity index (χ0n) is 7.50. The molecule has 0 bridgehead atoms. The SMILES string of the molecule is Clc1cccc2c1O[C@@H]1CNC[C@H]1O2. The minimum absolute atomic E-state index is 0.0994. The molecule has 1 fully saturated rings. The van der Waals surface area contributed by atoms with Crippen LogP contribution in [0.5, 0.6) is 11.5 Å². The summed E-state index contributed by atoms with van der Waals surface area (Å²) in [6.07, 6.45) is 0.225. The van der Waals surface area contributed by atoms with E-state index < -0.39 is 0 Å². The highest BCUT2D eigenvalue weighted by atomic mass is 35.5. The summed E-state index contributed by atoms with van der Waals surface area (Å²) < 4.78 is 11.5. The molecule has 1 aromatic rings. The van der Waals surface area contributed by atoms with Gasteiger partial charge in [0.25, 0.3) is 0 Å². The Hall–Kier alpha value is -0.930. The average molecular weight is 212 g/mol. The molecule has 0 unspecified atom stereocenters. The Labute approximate surface area is 87.0 Å². The fraction of sp³-hybridized carbons (Fsp3) is 0.400. The maximum absolute atomic E-state index is 6.01. The third kappa shape index (κ3) is 1.16. The predicted octanol–water partition coefficient (Wildman–Crippen LogP) is 1.45. The number of halogens is 1. The van der Waals surface area contributed by atoms with Crippen LogP contribution < -0.4 is 14.8 Å². The lowest BCUT2D eigenvalue weighted by Gasteiger charge is -2.29. The minimum atomic E-state index is 0.0994. The zero-order chi connectivity index (χ0) is 9.54. The molecule has 14 heavy (non-hydrogen) atoms. The van der Waals surface area contributed by atoms with Crippen molar-refractivity contribution in [2.75, 3.05) is 13.1 Å². The molecule has 3 rings (SSSR count). The van der Waals surface area contributed by atoms with Gasteiger partial charge in [-0.2, -0.15) is 0 Å². The van der Waals surface area contributed by atoms with Crippen molar-refractivity contribution in [1.82, 2.24) is 5.32 Å². The molecule has 0 radical (unpaired) electrons. The Kier molecular flexibility index (Phi) is 1.82. The van der Waals surface area contributed by atoms with E-state index in [1.165, 1.54) is 0 Å². The summed E-state index contributed by atoms with van der Waals surface area (Å²) >= 11 is 6.01. The van der Waals surface area contributed by atoms with Crippen molar-refractivity contribution in [2.24, 2.45) is 0 Å². The molecule has 2 heterocycles. The highest BCUT2D eigenvalue weighted by Crippen LogP contribution is 2.40. The normalized spacial score (nSPS) is 28.6. The van der Waals surface area contributed by atoms with Crippen LogP contribution in [-0.4, -0.2) is 25.3 Å². The van der Waals surface area contributed by atoms with Crippen molar-refractivity contribution in [3.63, 3.8) is 0 Å². The van der Waals surface area contributed by atoms with Crippen LogP contribution in [0.2, 0.25) is 5.02 Å². The number of benzene rings is 1. The molecule has 74 valence electrons. The quantitative estimate of drug-likeness (QED) is 0.705. The molecule has 2 aliphatic rings. The van der Waals surface area contributed by atoms with E-state index in [9.17, 15) is 0 Å². The van der Waals surface area contributed by atoms with Crippen molar-refractivity contribution in [2.45, 2.75) is 12.2 Å². The molecule has 0 spiro atoms. The van der Waals surface area contributed by atoms with Gasteiger partial charge in [-0.05, 0) is 12.1 Å². The van der Waals surface area contributed by atoms with Crippen LogP contribution in [0, 0.1) is 0 Å². The van der Waals surface area contributed by atoms with Crippen molar-refractivity contribution in [3.05, 3.63) is 23.2 Å². The molecule has 1 aromatic carbocycles. The number of para-hydroxylation sites is 1. The number of nitrogens with one attached hydrogen (secondary N) is 1. The molecule has 0 amide bonds. The fourth-order valence-corrected chi connectivity index (χ4v) is 2.09. The maximum atomic E-state index is 6.01. The van der Waals surface area contributed by atoms with E-state index in [1.54, 1.807) is 0 Å². The van der Waals surface area contributed by atoms with E-state index in [-0.39, 0.29) is 12.2 Å².